The van der Waals surface area contributed by atoms with Crippen LogP contribution in [-0.2, 0) is 9.59 Å². The smallest absolute Gasteiger partial charge is 0.237 e. The third-order valence-corrected chi connectivity index (χ3v) is 2.37. The van der Waals surface area contributed by atoms with E-state index in [2.05, 4.69) is 5.32 Å². The molecule has 1 fully saturated rings. The number of carbonyl (C=O) groups excluding carboxylic acids is 2. The Bertz CT molecular complexity index is 249. The highest BCUT2D eigenvalue weighted by atomic mass is 16.2. The van der Waals surface area contributed by atoms with Gasteiger partial charge in [-0.3, -0.25) is 9.59 Å². The standard InChI is InChI=1S/C10H19N3O2/c1-7(2)5-13(6-9(11)14)10(15)8-3-12-4-8/h7-8,12H,3-6H2,1-2H3,(H2,11,14). The summed E-state index contributed by atoms with van der Waals surface area (Å²) in [4.78, 5) is 24.3. The number of hydrogen-bond acceptors (Lipinski definition) is 3. The highest BCUT2D eigenvalue weighted by molar-refractivity contribution is 5.85. The van der Waals surface area contributed by atoms with Crippen LogP contribution in [0.15, 0.2) is 0 Å². The third-order valence-electron chi connectivity index (χ3n) is 2.37. The second kappa shape index (κ2) is 5.11. The van der Waals surface area contributed by atoms with Crippen LogP contribution in [0.1, 0.15) is 13.8 Å². The lowest BCUT2D eigenvalue weighted by atomic mass is 10.0. The lowest BCUT2D eigenvalue weighted by molar-refractivity contribution is -0.140. The fourth-order valence-corrected chi connectivity index (χ4v) is 1.58. The van der Waals surface area contributed by atoms with Gasteiger partial charge in [-0.05, 0) is 5.92 Å². The molecule has 3 N–H and O–H groups in total. The summed E-state index contributed by atoms with van der Waals surface area (Å²) in [6.45, 7) is 6.09. The van der Waals surface area contributed by atoms with Crippen molar-refractivity contribution >= 4 is 11.8 Å². The van der Waals surface area contributed by atoms with Gasteiger partial charge in [0.15, 0.2) is 0 Å². The Hall–Kier alpha value is -1.10. The van der Waals surface area contributed by atoms with E-state index in [-0.39, 0.29) is 18.4 Å². The molecule has 0 aromatic carbocycles. The molecule has 1 heterocycles. The van der Waals surface area contributed by atoms with Gasteiger partial charge in [-0.2, -0.15) is 0 Å². The summed E-state index contributed by atoms with van der Waals surface area (Å²) in [7, 11) is 0. The minimum Gasteiger partial charge on any atom is -0.368 e. The number of nitrogens with two attached hydrogens (primary N) is 1. The average Bonchev–Trinajstić information content (AvgIpc) is 1.97. The first kappa shape index (κ1) is 12.0. The number of amides is 2. The molecule has 0 aromatic heterocycles. The van der Waals surface area contributed by atoms with Crippen molar-refractivity contribution < 1.29 is 9.59 Å². The van der Waals surface area contributed by atoms with Gasteiger partial charge in [-0.1, -0.05) is 13.8 Å². The predicted molar refractivity (Wildman–Crippen MR) is 57.0 cm³/mol. The number of rotatable bonds is 5. The summed E-state index contributed by atoms with van der Waals surface area (Å²) in [5.74, 6) is -0.0260. The molecule has 0 atom stereocenters. The minimum absolute atomic E-state index is 0.0306. The van der Waals surface area contributed by atoms with Gasteiger partial charge >= 0.3 is 0 Å². The Morgan fingerprint density at radius 3 is 2.40 bits per heavy atom. The molecule has 0 saturated carbocycles. The minimum atomic E-state index is -0.448. The summed E-state index contributed by atoms with van der Waals surface area (Å²) >= 11 is 0. The molecule has 0 radical (unpaired) electrons. The maximum absolute atomic E-state index is 11.9. The van der Waals surface area contributed by atoms with Crippen molar-refractivity contribution in [2.75, 3.05) is 26.2 Å². The molecule has 0 aliphatic carbocycles. The number of nitrogens with zero attached hydrogens (tertiary/aromatic N) is 1. The zero-order valence-electron chi connectivity index (χ0n) is 9.32. The van der Waals surface area contributed by atoms with E-state index in [0.717, 1.165) is 0 Å². The Morgan fingerprint density at radius 2 is 2.07 bits per heavy atom. The molecule has 2 amide bonds. The van der Waals surface area contributed by atoms with Crippen molar-refractivity contribution in [1.29, 1.82) is 0 Å². The predicted octanol–water partition coefficient (Wildman–Crippen LogP) is -0.824. The maximum atomic E-state index is 11.9. The van der Waals surface area contributed by atoms with Crippen molar-refractivity contribution in [3.63, 3.8) is 0 Å². The van der Waals surface area contributed by atoms with E-state index in [4.69, 9.17) is 5.73 Å². The molecule has 1 saturated heterocycles. The normalized spacial score (nSPS) is 16.2. The molecular formula is C10H19N3O2. The van der Waals surface area contributed by atoms with Gasteiger partial charge in [-0.15, -0.1) is 0 Å². The first-order valence-corrected chi connectivity index (χ1v) is 5.28. The monoisotopic (exact) mass is 213 g/mol. The van der Waals surface area contributed by atoms with Crippen molar-refractivity contribution in [3.05, 3.63) is 0 Å². The lowest BCUT2D eigenvalue weighted by Crippen LogP contribution is -2.54. The number of carbonyl (C=O) groups is 2. The Labute approximate surface area is 90.0 Å². The highest BCUT2D eigenvalue weighted by Gasteiger charge is 2.29. The van der Waals surface area contributed by atoms with E-state index in [9.17, 15) is 9.59 Å². The summed E-state index contributed by atoms with van der Waals surface area (Å²) in [6.07, 6.45) is 0. The topological polar surface area (TPSA) is 75.4 Å². The molecular weight excluding hydrogens is 194 g/mol. The van der Waals surface area contributed by atoms with E-state index < -0.39 is 5.91 Å². The lowest BCUT2D eigenvalue weighted by Gasteiger charge is -2.32. The molecule has 1 rings (SSSR count). The highest BCUT2D eigenvalue weighted by Crippen LogP contribution is 2.10. The molecule has 1 aliphatic heterocycles. The maximum Gasteiger partial charge on any atom is 0.237 e. The van der Waals surface area contributed by atoms with Gasteiger partial charge in [0, 0.05) is 19.6 Å². The second-order valence-corrected chi connectivity index (χ2v) is 4.43. The van der Waals surface area contributed by atoms with Crippen molar-refractivity contribution in [1.82, 2.24) is 10.2 Å². The Balaban J connectivity index is 2.53. The van der Waals surface area contributed by atoms with Crippen LogP contribution < -0.4 is 11.1 Å². The number of primary amides is 1. The van der Waals surface area contributed by atoms with Crippen LogP contribution in [0.5, 0.6) is 0 Å². The molecule has 5 nitrogen and oxygen atoms in total. The fraction of sp³-hybridized carbons (Fsp3) is 0.800. The Morgan fingerprint density at radius 1 is 1.47 bits per heavy atom. The number of hydrogen-bond donors (Lipinski definition) is 2. The fourth-order valence-electron chi connectivity index (χ4n) is 1.58. The molecule has 86 valence electrons. The van der Waals surface area contributed by atoms with E-state index in [1.807, 2.05) is 13.8 Å². The zero-order valence-corrected chi connectivity index (χ0v) is 9.32. The summed E-state index contributed by atoms with van der Waals surface area (Å²) in [5.41, 5.74) is 5.12. The van der Waals surface area contributed by atoms with Crippen LogP contribution in [0.2, 0.25) is 0 Å². The molecule has 0 unspecified atom stereocenters. The van der Waals surface area contributed by atoms with Gasteiger partial charge in [0.2, 0.25) is 11.8 Å². The SMILES string of the molecule is CC(C)CN(CC(N)=O)C(=O)C1CNC1. The third kappa shape index (κ3) is 3.51. The summed E-state index contributed by atoms with van der Waals surface area (Å²) < 4.78 is 0. The van der Waals surface area contributed by atoms with Gasteiger partial charge in [0.25, 0.3) is 0 Å². The first-order chi connectivity index (χ1) is 7.00. The van der Waals surface area contributed by atoms with Crippen LogP contribution in [0.3, 0.4) is 0 Å². The van der Waals surface area contributed by atoms with Crippen LogP contribution in [0, 0.1) is 11.8 Å². The molecule has 0 aromatic rings. The summed E-state index contributed by atoms with van der Waals surface area (Å²) in [6, 6.07) is 0. The van der Waals surface area contributed by atoms with E-state index in [1.165, 1.54) is 0 Å². The molecule has 0 spiro atoms. The van der Waals surface area contributed by atoms with Crippen LogP contribution in [-0.4, -0.2) is 42.9 Å². The van der Waals surface area contributed by atoms with Crippen molar-refractivity contribution in [2.45, 2.75) is 13.8 Å². The van der Waals surface area contributed by atoms with E-state index in [0.29, 0.717) is 25.6 Å². The average molecular weight is 213 g/mol. The van der Waals surface area contributed by atoms with Crippen molar-refractivity contribution in [3.8, 4) is 0 Å². The quantitative estimate of drug-likeness (QED) is 0.626. The first-order valence-electron chi connectivity index (χ1n) is 5.28. The van der Waals surface area contributed by atoms with Crippen LogP contribution in [0.4, 0.5) is 0 Å². The molecule has 0 bridgehead atoms. The second-order valence-electron chi connectivity index (χ2n) is 4.43. The van der Waals surface area contributed by atoms with Gasteiger partial charge < -0.3 is 16.0 Å². The Kier molecular flexibility index (Phi) is 4.08. The van der Waals surface area contributed by atoms with Crippen LogP contribution >= 0.6 is 0 Å². The van der Waals surface area contributed by atoms with E-state index in [1.54, 1.807) is 4.90 Å². The van der Waals surface area contributed by atoms with Gasteiger partial charge in [0.05, 0.1) is 12.5 Å². The van der Waals surface area contributed by atoms with Crippen LogP contribution in [0.25, 0.3) is 0 Å². The van der Waals surface area contributed by atoms with Crippen molar-refractivity contribution in [2.24, 2.45) is 17.6 Å². The molecule has 15 heavy (non-hydrogen) atoms. The molecule has 1 aliphatic rings. The van der Waals surface area contributed by atoms with E-state index >= 15 is 0 Å². The van der Waals surface area contributed by atoms with Gasteiger partial charge in [-0.25, -0.2) is 0 Å². The van der Waals surface area contributed by atoms with Gasteiger partial charge in [0.1, 0.15) is 0 Å². The number of nitrogens with one attached hydrogen (secondary N) is 1. The summed E-state index contributed by atoms with van der Waals surface area (Å²) in [5, 5.41) is 3.04. The largest absolute Gasteiger partial charge is 0.368 e. The molecule has 5 heteroatoms. The zero-order chi connectivity index (χ0) is 11.4.